The number of carbonyl (C=O) groups excluding carboxylic acids is 2. The molecule has 2 aromatic rings. The molecular formula is C18H21N5O6. The Morgan fingerprint density at radius 2 is 2.24 bits per heavy atom. The number of hydrogen-bond donors (Lipinski definition) is 4. The van der Waals surface area contributed by atoms with Crippen molar-refractivity contribution in [3.05, 3.63) is 24.2 Å². The molecule has 154 valence electrons. The molecule has 11 nitrogen and oxygen atoms in total. The number of nitrogens with zero attached hydrogens (tertiary/aromatic N) is 3. The van der Waals surface area contributed by atoms with Gasteiger partial charge in [-0.05, 0) is 6.92 Å². The highest BCUT2D eigenvalue weighted by atomic mass is 16.6. The maximum absolute atomic E-state index is 11.9. The van der Waals surface area contributed by atoms with Crippen LogP contribution in [0.2, 0.25) is 0 Å². The third-order valence-electron chi connectivity index (χ3n) is 5.15. The van der Waals surface area contributed by atoms with Crippen LogP contribution in [0, 0.1) is 0 Å². The standard InChI is InChI=1S/C18H21N5O6/c1-3-12(25)28-6-10-14(26)18(2,27)17(29-10)23-5-8-9(19)4-11(24)22-15-13(8)16(23)21-7-20-15/h4-5,7,10,14,17,26-27H,3,6,19H2,1-2H3,(H,20,21,22,24)/t10-,14-,17-,18?/m1/s1. The Morgan fingerprint density at radius 3 is 2.97 bits per heavy atom. The molecule has 4 atom stereocenters. The molecule has 4 heterocycles. The van der Waals surface area contributed by atoms with Crippen LogP contribution in [0.25, 0.3) is 16.7 Å². The van der Waals surface area contributed by atoms with Crippen molar-refractivity contribution in [3.8, 4) is 0 Å². The van der Waals surface area contributed by atoms with E-state index in [2.05, 4.69) is 15.3 Å². The number of rotatable bonds is 4. The Kier molecular flexibility index (Phi) is 4.52. The predicted octanol–water partition coefficient (Wildman–Crippen LogP) is -0.354. The molecule has 2 aliphatic rings. The monoisotopic (exact) mass is 403 g/mol. The molecule has 1 amide bonds. The topological polar surface area (TPSA) is 162 Å². The Bertz CT molecular complexity index is 1030. The van der Waals surface area contributed by atoms with E-state index in [9.17, 15) is 19.8 Å². The summed E-state index contributed by atoms with van der Waals surface area (Å²) in [6.07, 6.45) is 0.959. The summed E-state index contributed by atoms with van der Waals surface area (Å²) >= 11 is 0. The van der Waals surface area contributed by atoms with E-state index in [4.69, 9.17) is 15.2 Å². The maximum atomic E-state index is 11.9. The van der Waals surface area contributed by atoms with Crippen LogP contribution in [0.4, 0.5) is 5.82 Å². The van der Waals surface area contributed by atoms with Gasteiger partial charge in [-0.15, -0.1) is 0 Å². The molecule has 4 rings (SSSR count). The van der Waals surface area contributed by atoms with Gasteiger partial charge in [0.2, 0.25) is 0 Å². The Balaban J connectivity index is 1.76. The molecule has 29 heavy (non-hydrogen) atoms. The summed E-state index contributed by atoms with van der Waals surface area (Å²) in [5.74, 6) is -0.578. The lowest BCUT2D eigenvalue weighted by atomic mass is 9.96. The van der Waals surface area contributed by atoms with Gasteiger partial charge < -0.3 is 35.3 Å². The largest absolute Gasteiger partial charge is 0.463 e. The predicted molar refractivity (Wildman–Crippen MR) is 100 cm³/mol. The van der Waals surface area contributed by atoms with Crippen LogP contribution in [-0.2, 0) is 19.1 Å². The minimum absolute atomic E-state index is 0.186. The second kappa shape index (κ2) is 6.79. The van der Waals surface area contributed by atoms with Gasteiger partial charge in [0.1, 0.15) is 42.2 Å². The van der Waals surface area contributed by atoms with Crippen molar-refractivity contribution in [2.75, 3.05) is 11.9 Å². The molecule has 0 saturated carbocycles. The molecule has 0 aromatic carbocycles. The van der Waals surface area contributed by atoms with Gasteiger partial charge in [0, 0.05) is 30.0 Å². The molecule has 11 heteroatoms. The first kappa shape index (κ1) is 19.3. The summed E-state index contributed by atoms with van der Waals surface area (Å²) in [5, 5.41) is 24.6. The fourth-order valence-electron chi connectivity index (χ4n) is 3.60. The molecule has 1 saturated heterocycles. The number of ether oxygens (including phenoxy) is 2. The molecule has 2 aromatic heterocycles. The lowest BCUT2D eigenvalue weighted by Crippen LogP contribution is -2.44. The first-order valence-corrected chi connectivity index (χ1v) is 9.09. The minimum Gasteiger partial charge on any atom is -0.463 e. The number of hydrogen-bond acceptors (Lipinski definition) is 9. The highest BCUT2D eigenvalue weighted by molar-refractivity contribution is 6.13. The number of esters is 1. The average Bonchev–Trinajstić information content (AvgIpc) is 3.12. The van der Waals surface area contributed by atoms with E-state index in [1.54, 1.807) is 13.1 Å². The van der Waals surface area contributed by atoms with Crippen molar-refractivity contribution in [2.24, 2.45) is 5.73 Å². The molecular weight excluding hydrogens is 382 g/mol. The van der Waals surface area contributed by atoms with Crippen molar-refractivity contribution in [1.82, 2.24) is 14.5 Å². The van der Waals surface area contributed by atoms with Gasteiger partial charge >= 0.3 is 5.97 Å². The fraction of sp³-hybridized carbons (Fsp3) is 0.444. The number of aliphatic hydroxyl groups excluding tert-OH is 1. The highest BCUT2D eigenvalue weighted by Crippen LogP contribution is 2.42. The summed E-state index contributed by atoms with van der Waals surface area (Å²) in [5.41, 5.74) is 5.37. The second-order valence-corrected chi connectivity index (χ2v) is 7.19. The zero-order chi connectivity index (χ0) is 20.9. The molecule has 0 bridgehead atoms. The first-order valence-electron chi connectivity index (χ1n) is 9.09. The zero-order valence-electron chi connectivity index (χ0n) is 15.8. The quantitative estimate of drug-likeness (QED) is 0.500. The number of aromatic nitrogens is 3. The van der Waals surface area contributed by atoms with Crippen molar-refractivity contribution in [3.63, 3.8) is 0 Å². The van der Waals surface area contributed by atoms with Gasteiger partial charge in [-0.1, -0.05) is 6.92 Å². The summed E-state index contributed by atoms with van der Waals surface area (Å²) < 4.78 is 12.5. The molecule has 1 fully saturated rings. The first-order chi connectivity index (χ1) is 13.7. The smallest absolute Gasteiger partial charge is 0.305 e. The van der Waals surface area contributed by atoms with E-state index in [0.29, 0.717) is 16.6 Å². The van der Waals surface area contributed by atoms with Gasteiger partial charge in [-0.25, -0.2) is 9.97 Å². The molecule has 5 N–H and O–H groups in total. The number of nitrogens with one attached hydrogen (secondary N) is 1. The third kappa shape index (κ3) is 3.03. The van der Waals surface area contributed by atoms with Crippen LogP contribution in [0.15, 0.2) is 18.6 Å². The highest BCUT2D eigenvalue weighted by Gasteiger charge is 2.54. The van der Waals surface area contributed by atoms with Crippen molar-refractivity contribution in [2.45, 2.75) is 44.3 Å². The third-order valence-corrected chi connectivity index (χ3v) is 5.15. The van der Waals surface area contributed by atoms with Crippen LogP contribution in [-0.4, -0.2) is 61.0 Å². The van der Waals surface area contributed by atoms with E-state index in [-0.39, 0.29) is 24.5 Å². The molecule has 0 spiro atoms. The Morgan fingerprint density at radius 1 is 1.48 bits per heavy atom. The van der Waals surface area contributed by atoms with E-state index in [1.807, 2.05) is 0 Å². The van der Waals surface area contributed by atoms with Gasteiger partial charge in [0.15, 0.2) is 6.23 Å². The van der Waals surface area contributed by atoms with Crippen molar-refractivity contribution >= 4 is 34.4 Å². The lowest BCUT2D eigenvalue weighted by molar-refractivity contribution is -0.149. The van der Waals surface area contributed by atoms with Crippen molar-refractivity contribution in [1.29, 1.82) is 0 Å². The van der Waals surface area contributed by atoms with Crippen LogP contribution in [0.1, 0.15) is 32.1 Å². The van der Waals surface area contributed by atoms with Crippen LogP contribution < -0.4 is 11.1 Å². The van der Waals surface area contributed by atoms with Gasteiger partial charge in [-0.3, -0.25) is 9.59 Å². The van der Waals surface area contributed by atoms with Gasteiger partial charge in [-0.2, -0.15) is 0 Å². The summed E-state index contributed by atoms with van der Waals surface area (Å²) in [6, 6.07) is 0. The van der Waals surface area contributed by atoms with E-state index < -0.39 is 35.9 Å². The fourth-order valence-corrected chi connectivity index (χ4v) is 3.60. The van der Waals surface area contributed by atoms with Gasteiger partial charge in [0.05, 0.1) is 5.39 Å². The Labute approximate surface area is 165 Å². The molecule has 0 aliphatic carbocycles. The number of carbonyl (C=O) groups is 2. The normalized spacial score (nSPS) is 28.8. The van der Waals surface area contributed by atoms with Crippen LogP contribution >= 0.6 is 0 Å². The summed E-state index contributed by atoms with van der Waals surface area (Å²) in [7, 11) is 0. The SMILES string of the molecule is CCC(=O)OC[C@H]1O[C@@H](n2cc3c4c(ncnc42)NC(=O)C=C3N)C(C)(O)[C@@H]1O. The molecule has 2 aliphatic heterocycles. The maximum Gasteiger partial charge on any atom is 0.305 e. The van der Waals surface area contributed by atoms with E-state index in [1.165, 1.54) is 23.9 Å². The molecule has 1 unspecified atom stereocenters. The van der Waals surface area contributed by atoms with Gasteiger partial charge in [0.25, 0.3) is 5.91 Å². The average molecular weight is 403 g/mol. The van der Waals surface area contributed by atoms with E-state index in [0.717, 1.165) is 0 Å². The molecule has 0 radical (unpaired) electrons. The summed E-state index contributed by atoms with van der Waals surface area (Å²) in [6.45, 7) is 2.87. The minimum atomic E-state index is -1.72. The van der Waals surface area contributed by atoms with E-state index >= 15 is 0 Å². The van der Waals surface area contributed by atoms with Crippen molar-refractivity contribution < 1.29 is 29.3 Å². The number of aliphatic hydroxyl groups is 2. The zero-order valence-corrected chi connectivity index (χ0v) is 15.8. The number of nitrogens with two attached hydrogens (primary N) is 1. The lowest BCUT2D eigenvalue weighted by Gasteiger charge is -2.27. The summed E-state index contributed by atoms with van der Waals surface area (Å²) in [4.78, 5) is 31.7. The van der Waals surface area contributed by atoms with Crippen LogP contribution in [0.3, 0.4) is 0 Å². The second-order valence-electron chi connectivity index (χ2n) is 7.19. The Hall–Kier alpha value is -3.02. The number of amides is 1. The van der Waals surface area contributed by atoms with Crippen LogP contribution in [0.5, 0.6) is 0 Å². The number of anilines is 1.